The van der Waals surface area contributed by atoms with Crippen molar-refractivity contribution in [1.29, 1.82) is 0 Å². The number of primary amides is 1. The molecule has 110 valence electrons. The van der Waals surface area contributed by atoms with E-state index < -0.39 is 10.8 Å². The highest BCUT2D eigenvalue weighted by Crippen LogP contribution is 2.34. The van der Waals surface area contributed by atoms with Crippen LogP contribution < -0.4 is 5.73 Å². The second-order valence-corrected chi connectivity index (χ2v) is 5.23. The average Bonchev–Trinajstić information content (AvgIpc) is 3.16. The first kappa shape index (κ1) is 14.0. The highest BCUT2D eigenvalue weighted by atomic mass is 32.1. The largest absolute Gasteiger partial charge is 0.462 e. The third-order valence-corrected chi connectivity index (χ3v) is 3.85. The van der Waals surface area contributed by atoms with E-state index in [4.69, 9.17) is 10.2 Å². The maximum absolute atomic E-state index is 11.1. The van der Waals surface area contributed by atoms with Gasteiger partial charge in [0.25, 0.3) is 11.6 Å². The van der Waals surface area contributed by atoms with Gasteiger partial charge < -0.3 is 10.2 Å². The van der Waals surface area contributed by atoms with E-state index in [-0.39, 0.29) is 11.3 Å². The van der Waals surface area contributed by atoms with E-state index in [0.717, 1.165) is 0 Å². The molecule has 0 saturated carbocycles. The van der Waals surface area contributed by atoms with Crippen LogP contribution in [0, 0.1) is 10.1 Å². The van der Waals surface area contributed by atoms with Gasteiger partial charge in [0.1, 0.15) is 17.0 Å². The minimum absolute atomic E-state index is 0.0133. The minimum atomic E-state index is -0.593. The number of rotatable bonds is 4. The maximum Gasteiger partial charge on any atom is 0.279 e. The van der Waals surface area contributed by atoms with Crippen LogP contribution in [0.5, 0.6) is 0 Å². The Morgan fingerprint density at radius 1 is 1.36 bits per heavy atom. The first-order valence-corrected chi connectivity index (χ1v) is 7.02. The van der Waals surface area contributed by atoms with Crippen LogP contribution in [0.3, 0.4) is 0 Å². The number of nitrogens with two attached hydrogens (primary N) is 1. The number of carbonyl (C=O) groups excluding carboxylic acids is 1. The summed E-state index contributed by atoms with van der Waals surface area (Å²) < 4.78 is 5.25. The zero-order valence-electron chi connectivity index (χ0n) is 11.1. The van der Waals surface area contributed by atoms with Gasteiger partial charge in [0, 0.05) is 11.4 Å². The zero-order chi connectivity index (χ0) is 15.7. The number of nitrogens with zero attached hydrogens (tertiary/aromatic N) is 2. The summed E-state index contributed by atoms with van der Waals surface area (Å²) in [6.45, 7) is 0. The molecule has 3 aromatic rings. The fraction of sp³-hybridized carbons (Fsp3) is 0. The lowest BCUT2D eigenvalue weighted by atomic mass is 10.2. The van der Waals surface area contributed by atoms with E-state index in [1.807, 2.05) is 0 Å². The van der Waals surface area contributed by atoms with Gasteiger partial charge in [0.2, 0.25) is 0 Å². The number of para-hydroxylation sites is 1. The van der Waals surface area contributed by atoms with Gasteiger partial charge in [-0.3, -0.25) is 14.9 Å². The molecule has 0 spiro atoms. The number of furan rings is 1. The third-order valence-electron chi connectivity index (χ3n) is 2.97. The fourth-order valence-electron chi connectivity index (χ4n) is 1.92. The molecule has 0 atom stereocenters. The van der Waals surface area contributed by atoms with Gasteiger partial charge in [-0.25, -0.2) is 4.98 Å². The molecule has 0 aliphatic carbocycles. The number of aromatic nitrogens is 1. The van der Waals surface area contributed by atoms with E-state index in [1.165, 1.54) is 29.7 Å². The molecule has 0 unspecified atom stereocenters. The molecule has 0 aliphatic heterocycles. The summed E-state index contributed by atoms with van der Waals surface area (Å²) >= 11 is 1.25. The molecule has 0 saturated heterocycles. The molecule has 7 nitrogen and oxygen atoms in total. The van der Waals surface area contributed by atoms with Crippen molar-refractivity contribution in [3.63, 3.8) is 0 Å². The maximum atomic E-state index is 11.1. The van der Waals surface area contributed by atoms with Crippen LogP contribution in [0.4, 0.5) is 5.69 Å². The minimum Gasteiger partial charge on any atom is -0.462 e. The van der Waals surface area contributed by atoms with Gasteiger partial charge in [-0.05, 0) is 12.1 Å². The molecular formula is C14H9N3O4S. The smallest absolute Gasteiger partial charge is 0.279 e. The van der Waals surface area contributed by atoms with Crippen LogP contribution in [-0.4, -0.2) is 15.8 Å². The van der Waals surface area contributed by atoms with Gasteiger partial charge in [-0.15, -0.1) is 11.3 Å². The molecule has 2 heterocycles. The van der Waals surface area contributed by atoms with Crippen LogP contribution >= 0.6 is 11.3 Å². The fourth-order valence-corrected chi connectivity index (χ4v) is 2.77. The summed E-state index contributed by atoms with van der Waals surface area (Å²) in [5.74, 6) is -0.209. The lowest BCUT2D eigenvalue weighted by molar-refractivity contribution is -0.384. The van der Waals surface area contributed by atoms with Crippen molar-refractivity contribution in [3.05, 3.63) is 57.7 Å². The van der Waals surface area contributed by atoms with Crippen LogP contribution in [0.2, 0.25) is 0 Å². The van der Waals surface area contributed by atoms with Crippen LogP contribution in [0.15, 0.2) is 46.4 Å². The Morgan fingerprint density at radius 3 is 2.82 bits per heavy atom. The third kappa shape index (κ3) is 2.47. The molecule has 2 aromatic heterocycles. The number of amides is 1. The van der Waals surface area contributed by atoms with Crippen molar-refractivity contribution in [2.75, 3.05) is 0 Å². The molecule has 0 aliphatic rings. The van der Waals surface area contributed by atoms with Gasteiger partial charge in [0.05, 0.1) is 16.1 Å². The number of hydrogen-bond donors (Lipinski definition) is 1. The highest BCUT2D eigenvalue weighted by molar-refractivity contribution is 7.13. The molecule has 0 fully saturated rings. The molecular weight excluding hydrogens is 306 g/mol. The van der Waals surface area contributed by atoms with Crippen LogP contribution in [0.1, 0.15) is 10.4 Å². The molecule has 1 aromatic carbocycles. The second kappa shape index (κ2) is 5.41. The van der Waals surface area contributed by atoms with Gasteiger partial charge in [0.15, 0.2) is 5.76 Å². The summed E-state index contributed by atoms with van der Waals surface area (Å²) in [5.41, 5.74) is 6.32. The number of nitro benzene ring substituents is 1. The van der Waals surface area contributed by atoms with Gasteiger partial charge in [-0.2, -0.15) is 0 Å². The van der Waals surface area contributed by atoms with Crippen LogP contribution in [0.25, 0.3) is 22.0 Å². The Labute approximate surface area is 128 Å². The molecule has 3 rings (SSSR count). The quantitative estimate of drug-likeness (QED) is 0.587. The highest BCUT2D eigenvalue weighted by Gasteiger charge is 2.18. The molecule has 2 N–H and O–H groups in total. The first-order valence-electron chi connectivity index (χ1n) is 6.14. The van der Waals surface area contributed by atoms with Crippen molar-refractivity contribution in [2.24, 2.45) is 5.73 Å². The number of hydrogen-bond acceptors (Lipinski definition) is 6. The Bertz CT molecular complexity index is 868. The molecule has 8 heteroatoms. The Morgan fingerprint density at radius 2 is 2.14 bits per heavy atom. The number of thiazole rings is 1. The lowest BCUT2D eigenvalue weighted by Crippen LogP contribution is -2.09. The zero-order valence-corrected chi connectivity index (χ0v) is 11.9. The summed E-state index contributed by atoms with van der Waals surface area (Å²) in [6.07, 6.45) is 1.25. The van der Waals surface area contributed by atoms with E-state index in [0.29, 0.717) is 22.0 Å². The number of carbonyl (C=O) groups is 1. The second-order valence-electron chi connectivity index (χ2n) is 4.38. The summed E-state index contributed by atoms with van der Waals surface area (Å²) in [6, 6.07) is 7.86. The topological polar surface area (TPSA) is 112 Å². The lowest BCUT2D eigenvalue weighted by Gasteiger charge is -1.97. The van der Waals surface area contributed by atoms with Gasteiger partial charge >= 0.3 is 0 Å². The van der Waals surface area contributed by atoms with E-state index in [9.17, 15) is 14.9 Å². The predicted molar refractivity (Wildman–Crippen MR) is 80.4 cm³/mol. The monoisotopic (exact) mass is 315 g/mol. The molecule has 0 radical (unpaired) electrons. The Balaban J connectivity index is 2.00. The number of benzene rings is 1. The Hall–Kier alpha value is -3.00. The summed E-state index contributed by atoms with van der Waals surface area (Å²) in [7, 11) is 0. The first-order chi connectivity index (χ1) is 10.6. The molecule has 22 heavy (non-hydrogen) atoms. The van der Waals surface area contributed by atoms with Crippen molar-refractivity contribution >= 4 is 22.9 Å². The summed E-state index contributed by atoms with van der Waals surface area (Å²) in [4.78, 5) is 26.0. The molecule has 0 bridgehead atoms. The standard InChI is InChI=1S/C14H9N3O4S/c15-13(18)8-5-12(21-6-8)10-7-22-14(16-10)9-3-1-2-4-11(9)17(19)20/h1-7H,(H2,15,18). The van der Waals surface area contributed by atoms with E-state index in [2.05, 4.69) is 4.98 Å². The van der Waals surface area contributed by atoms with Gasteiger partial charge in [-0.1, -0.05) is 12.1 Å². The Kier molecular flexibility index (Phi) is 3.43. The SMILES string of the molecule is NC(=O)c1coc(-c2csc(-c3ccccc3[N+](=O)[O-])n2)c1. The predicted octanol–water partition coefficient (Wildman–Crippen LogP) is 3.08. The summed E-state index contributed by atoms with van der Waals surface area (Å²) in [5, 5.41) is 13.3. The van der Waals surface area contributed by atoms with Crippen molar-refractivity contribution < 1.29 is 14.1 Å². The van der Waals surface area contributed by atoms with Crippen LogP contribution in [-0.2, 0) is 0 Å². The van der Waals surface area contributed by atoms with E-state index >= 15 is 0 Å². The number of nitro groups is 1. The van der Waals surface area contributed by atoms with Crippen molar-refractivity contribution in [1.82, 2.24) is 4.98 Å². The average molecular weight is 315 g/mol. The van der Waals surface area contributed by atoms with Crippen molar-refractivity contribution in [3.8, 4) is 22.0 Å². The molecule has 1 amide bonds. The van der Waals surface area contributed by atoms with E-state index in [1.54, 1.807) is 23.6 Å². The van der Waals surface area contributed by atoms with Crippen molar-refractivity contribution in [2.45, 2.75) is 0 Å². The normalized spacial score (nSPS) is 10.5.